The molecule has 0 aliphatic carbocycles. The van der Waals surface area contributed by atoms with Crippen molar-refractivity contribution >= 4 is 55.6 Å². The van der Waals surface area contributed by atoms with E-state index in [-0.39, 0.29) is 5.91 Å². The summed E-state index contributed by atoms with van der Waals surface area (Å²) in [6.07, 6.45) is 2.40. The number of thiophene rings is 1. The highest BCUT2D eigenvalue weighted by molar-refractivity contribution is 7.99. The molecule has 0 fully saturated rings. The number of amides is 1. The first-order valence-corrected chi connectivity index (χ1v) is 14.0. The van der Waals surface area contributed by atoms with E-state index in [2.05, 4.69) is 59.6 Å². The van der Waals surface area contributed by atoms with Crippen LogP contribution in [0.3, 0.4) is 0 Å². The van der Waals surface area contributed by atoms with E-state index < -0.39 is 0 Å². The topological polar surface area (TPSA) is 45.2 Å². The lowest BCUT2D eigenvalue weighted by Gasteiger charge is -2.25. The number of carbonyl (C=O) groups excluding carboxylic acids is 1. The van der Waals surface area contributed by atoms with E-state index >= 15 is 0 Å². The number of hydrogen-bond acceptors (Lipinski definition) is 6. The molecule has 0 spiro atoms. The van der Waals surface area contributed by atoms with Gasteiger partial charge in [0.05, 0.1) is 10.2 Å². The van der Waals surface area contributed by atoms with Crippen molar-refractivity contribution in [3.8, 4) is 10.6 Å². The number of rotatable bonds is 8. The fourth-order valence-electron chi connectivity index (χ4n) is 4.15. The summed E-state index contributed by atoms with van der Waals surface area (Å²) in [6, 6.07) is 18.6. The molecule has 0 radical (unpaired) electrons. The number of thiazole rings is 1. The van der Waals surface area contributed by atoms with Crippen LogP contribution in [0.4, 0.5) is 5.00 Å². The number of aromatic nitrogens is 1. The average Bonchev–Trinajstić information content (AvgIpc) is 3.42. The van der Waals surface area contributed by atoms with Crippen LogP contribution < -0.4 is 5.32 Å². The lowest BCUT2D eigenvalue weighted by Crippen LogP contribution is -2.29. The molecular formula is C26H27N3OS3. The predicted molar refractivity (Wildman–Crippen MR) is 143 cm³/mol. The summed E-state index contributed by atoms with van der Waals surface area (Å²) >= 11 is 5.26. The third kappa shape index (κ3) is 5.17. The van der Waals surface area contributed by atoms with E-state index in [1.807, 2.05) is 12.1 Å². The van der Waals surface area contributed by atoms with Gasteiger partial charge in [0.1, 0.15) is 10.0 Å². The Balaban J connectivity index is 1.34. The predicted octanol–water partition coefficient (Wildman–Crippen LogP) is 6.91. The first-order chi connectivity index (χ1) is 16.2. The van der Waals surface area contributed by atoms with Gasteiger partial charge in [-0.2, -0.15) is 0 Å². The van der Waals surface area contributed by atoms with E-state index in [1.54, 1.807) is 34.4 Å². The first-order valence-electron chi connectivity index (χ1n) is 11.4. The second-order valence-electron chi connectivity index (χ2n) is 8.13. The van der Waals surface area contributed by atoms with Crippen LogP contribution in [-0.4, -0.2) is 34.6 Å². The van der Waals surface area contributed by atoms with E-state index in [4.69, 9.17) is 4.98 Å². The fraction of sp³-hybridized carbons (Fsp3) is 0.308. The third-order valence-electron chi connectivity index (χ3n) is 5.90. The van der Waals surface area contributed by atoms with Crippen molar-refractivity contribution in [2.75, 3.05) is 24.2 Å². The van der Waals surface area contributed by atoms with Crippen molar-refractivity contribution in [1.29, 1.82) is 0 Å². The van der Waals surface area contributed by atoms with Crippen molar-refractivity contribution in [1.82, 2.24) is 9.88 Å². The summed E-state index contributed by atoms with van der Waals surface area (Å²) in [5, 5.41) is 5.25. The maximum atomic E-state index is 12.9. The molecule has 0 bridgehead atoms. The summed E-state index contributed by atoms with van der Waals surface area (Å²) in [5.74, 6) is 1.03. The highest BCUT2D eigenvalue weighted by Gasteiger charge is 2.27. The molecule has 5 rings (SSSR count). The largest absolute Gasteiger partial charge is 0.317 e. The number of likely N-dealkylation sites (N-methyl/N-ethyl adjacent to an activating group) is 1. The molecule has 1 aliphatic heterocycles. The monoisotopic (exact) mass is 493 g/mol. The molecule has 1 aliphatic rings. The molecule has 7 heteroatoms. The third-order valence-corrected chi connectivity index (χ3v) is 9.19. The lowest BCUT2D eigenvalue weighted by atomic mass is 10.0. The molecule has 0 saturated carbocycles. The van der Waals surface area contributed by atoms with E-state index in [0.717, 1.165) is 59.3 Å². The Kier molecular flexibility index (Phi) is 7.11. The number of anilines is 1. The number of hydrogen-bond donors (Lipinski definition) is 1. The van der Waals surface area contributed by atoms with Crippen LogP contribution in [0.2, 0.25) is 0 Å². The minimum atomic E-state index is 0.0944. The van der Waals surface area contributed by atoms with E-state index in [0.29, 0.717) is 6.42 Å². The van der Waals surface area contributed by atoms with Crippen LogP contribution in [-0.2, 0) is 17.8 Å². The van der Waals surface area contributed by atoms with Gasteiger partial charge in [-0.1, -0.05) is 37.3 Å². The van der Waals surface area contributed by atoms with Gasteiger partial charge in [0, 0.05) is 34.8 Å². The Bertz CT molecular complexity index is 1220. The van der Waals surface area contributed by atoms with Gasteiger partial charge in [0.15, 0.2) is 0 Å². The maximum Gasteiger partial charge on any atom is 0.225 e. The van der Waals surface area contributed by atoms with Gasteiger partial charge in [-0.15, -0.1) is 34.4 Å². The molecule has 0 atom stereocenters. The Morgan fingerprint density at radius 3 is 2.76 bits per heavy atom. The number of nitrogens with one attached hydrogen (secondary N) is 1. The summed E-state index contributed by atoms with van der Waals surface area (Å²) in [5.41, 5.74) is 3.55. The standard InChI is InChI=1S/C26H27N3OS3/c1-2-29-15-14-19-22(17-29)33-26(24(19)25-27-20-11-6-7-12-21(20)32-25)28-23(30)13-8-16-31-18-9-4-3-5-10-18/h3-7,9-12H,2,8,13-17H2,1H3,(H,28,30). The molecule has 3 heterocycles. The molecule has 4 nitrogen and oxygen atoms in total. The average molecular weight is 494 g/mol. The normalized spacial score (nSPS) is 13.8. The minimum Gasteiger partial charge on any atom is -0.317 e. The zero-order valence-corrected chi connectivity index (χ0v) is 21.1. The Morgan fingerprint density at radius 2 is 1.94 bits per heavy atom. The van der Waals surface area contributed by atoms with Crippen LogP contribution in [0.1, 0.15) is 30.2 Å². The van der Waals surface area contributed by atoms with Gasteiger partial charge in [-0.05, 0) is 55.0 Å². The number of nitrogens with zero attached hydrogens (tertiary/aromatic N) is 2. The Morgan fingerprint density at radius 1 is 1.12 bits per heavy atom. The van der Waals surface area contributed by atoms with Crippen LogP contribution in [0.15, 0.2) is 59.5 Å². The zero-order chi connectivity index (χ0) is 22.6. The summed E-state index contributed by atoms with van der Waals surface area (Å²) in [6.45, 7) is 5.28. The molecule has 2 aromatic heterocycles. The molecule has 0 unspecified atom stereocenters. The zero-order valence-electron chi connectivity index (χ0n) is 18.7. The summed E-state index contributed by atoms with van der Waals surface area (Å²) in [7, 11) is 0. The molecule has 1 N–H and O–H groups in total. The van der Waals surface area contributed by atoms with Crippen LogP contribution >= 0.6 is 34.4 Å². The van der Waals surface area contributed by atoms with Gasteiger partial charge in [0.2, 0.25) is 5.91 Å². The SMILES string of the molecule is CCN1CCc2c(sc(NC(=O)CCCSc3ccccc3)c2-c2nc3ccccc3s2)C1. The number of fused-ring (bicyclic) bond motifs is 2. The molecule has 4 aromatic rings. The molecule has 2 aromatic carbocycles. The van der Waals surface area contributed by atoms with Crippen molar-refractivity contribution in [3.63, 3.8) is 0 Å². The van der Waals surface area contributed by atoms with Crippen molar-refractivity contribution in [2.45, 2.75) is 37.6 Å². The quantitative estimate of drug-likeness (QED) is 0.214. The van der Waals surface area contributed by atoms with Crippen LogP contribution in [0, 0.1) is 0 Å². The van der Waals surface area contributed by atoms with Gasteiger partial charge in [0.25, 0.3) is 0 Å². The van der Waals surface area contributed by atoms with Gasteiger partial charge >= 0.3 is 0 Å². The molecular weight excluding hydrogens is 467 g/mol. The fourth-order valence-corrected chi connectivity index (χ4v) is 7.44. The van der Waals surface area contributed by atoms with Gasteiger partial charge in [-0.3, -0.25) is 9.69 Å². The van der Waals surface area contributed by atoms with Crippen LogP contribution in [0.25, 0.3) is 20.8 Å². The van der Waals surface area contributed by atoms with Crippen LogP contribution in [0.5, 0.6) is 0 Å². The van der Waals surface area contributed by atoms with Crippen molar-refractivity contribution in [3.05, 3.63) is 65.0 Å². The Labute approximate surface area is 207 Å². The van der Waals surface area contributed by atoms with Crippen molar-refractivity contribution < 1.29 is 4.79 Å². The van der Waals surface area contributed by atoms with Gasteiger partial charge in [-0.25, -0.2) is 4.98 Å². The first kappa shape index (κ1) is 22.6. The van der Waals surface area contributed by atoms with E-state index in [9.17, 15) is 4.79 Å². The number of para-hydroxylation sites is 1. The highest BCUT2D eigenvalue weighted by Crippen LogP contribution is 2.45. The van der Waals surface area contributed by atoms with Gasteiger partial charge < -0.3 is 5.32 Å². The second kappa shape index (κ2) is 10.4. The Hall–Kier alpha value is -2.19. The minimum absolute atomic E-state index is 0.0944. The maximum absolute atomic E-state index is 12.9. The molecule has 33 heavy (non-hydrogen) atoms. The number of benzene rings is 2. The highest BCUT2D eigenvalue weighted by atomic mass is 32.2. The smallest absolute Gasteiger partial charge is 0.225 e. The van der Waals surface area contributed by atoms with E-state index in [1.165, 1.54) is 20.0 Å². The summed E-state index contributed by atoms with van der Waals surface area (Å²) < 4.78 is 1.19. The molecule has 0 saturated heterocycles. The molecule has 1 amide bonds. The number of carbonyl (C=O) groups is 1. The molecule has 170 valence electrons. The van der Waals surface area contributed by atoms with Crippen molar-refractivity contribution in [2.24, 2.45) is 0 Å². The lowest BCUT2D eigenvalue weighted by molar-refractivity contribution is -0.116. The number of thioether (sulfide) groups is 1. The summed E-state index contributed by atoms with van der Waals surface area (Å²) in [4.78, 5) is 22.9. The second-order valence-corrected chi connectivity index (χ2v) is 11.4.